The minimum atomic E-state index is -1.27. The fourth-order valence-electron chi connectivity index (χ4n) is 1.02. The molecule has 11 heteroatoms. The zero-order valence-electron chi connectivity index (χ0n) is 10.9. The fraction of sp³-hybridized carbons (Fsp3) is 0.600. The molecule has 0 rings (SSSR count). The largest absolute Gasteiger partial charge is 0.481 e. The lowest BCUT2D eigenvalue weighted by Crippen LogP contribution is -2.43. The fourth-order valence-corrected chi connectivity index (χ4v) is 2.56. The molecular formula is C10H16N2O7S2. The van der Waals surface area contributed by atoms with Gasteiger partial charge in [0.25, 0.3) is 0 Å². The Kier molecular flexibility index (Phi) is 9.58. The van der Waals surface area contributed by atoms with E-state index in [0.717, 1.165) is 23.5 Å². The molecular weight excluding hydrogens is 324 g/mol. The van der Waals surface area contributed by atoms with Crippen molar-refractivity contribution in [1.29, 1.82) is 0 Å². The van der Waals surface area contributed by atoms with Crippen LogP contribution in [0, 0.1) is 0 Å². The summed E-state index contributed by atoms with van der Waals surface area (Å²) in [4.78, 5) is 43.2. The Morgan fingerprint density at radius 3 is 2.00 bits per heavy atom. The van der Waals surface area contributed by atoms with Gasteiger partial charge in [0.2, 0.25) is 5.91 Å². The molecule has 0 saturated carbocycles. The molecule has 0 fully saturated rings. The predicted octanol–water partition coefficient (Wildman–Crippen LogP) is -1.48. The molecule has 0 spiro atoms. The van der Waals surface area contributed by atoms with Gasteiger partial charge in [0.15, 0.2) is 0 Å². The lowest BCUT2D eigenvalue weighted by atomic mass is 10.3. The quantitative estimate of drug-likeness (QED) is 0.299. The number of hydrogen-bond donors (Lipinski definition) is 5. The van der Waals surface area contributed by atoms with Gasteiger partial charge in [0.05, 0.1) is 11.5 Å². The molecule has 0 aliphatic rings. The first kappa shape index (κ1) is 19.5. The highest BCUT2D eigenvalue weighted by atomic mass is 32.2. The molecule has 0 radical (unpaired) electrons. The summed E-state index contributed by atoms with van der Waals surface area (Å²) in [5.74, 6) is -4.56. The zero-order valence-corrected chi connectivity index (χ0v) is 12.5. The number of carboxylic acid groups (broad SMARTS) is 3. The van der Waals surface area contributed by atoms with Crippen LogP contribution >= 0.6 is 23.5 Å². The smallest absolute Gasteiger partial charge is 0.327 e. The molecule has 0 saturated heterocycles. The highest BCUT2D eigenvalue weighted by Gasteiger charge is 2.20. The van der Waals surface area contributed by atoms with Gasteiger partial charge in [-0.1, -0.05) is 0 Å². The number of aliphatic carboxylic acids is 3. The van der Waals surface area contributed by atoms with Crippen LogP contribution in [-0.4, -0.2) is 74.2 Å². The Labute approximate surface area is 128 Å². The van der Waals surface area contributed by atoms with E-state index in [1.807, 2.05) is 0 Å². The number of amides is 1. The van der Waals surface area contributed by atoms with Gasteiger partial charge in [0.1, 0.15) is 12.1 Å². The number of nitrogens with one attached hydrogen (secondary N) is 1. The van der Waals surface area contributed by atoms with E-state index >= 15 is 0 Å². The van der Waals surface area contributed by atoms with E-state index in [9.17, 15) is 19.2 Å². The summed E-state index contributed by atoms with van der Waals surface area (Å²) in [6.45, 7) is 0. The molecule has 0 unspecified atom stereocenters. The first-order valence-corrected chi connectivity index (χ1v) is 7.92. The van der Waals surface area contributed by atoms with Gasteiger partial charge >= 0.3 is 17.9 Å². The van der Waals surface area contributed by atoms with E-state index < -0.39 is 35.9 Å². The third kappa shape index (κ3) is 9.98. The molecule has 0 aromatic carbocycles. The number of carbonyl (C=O) groups is 4. The van der Waals surface area contributed by atoms with Crippen molar-refractivity contribution in [3.05, 3.63) is 0 Å². The molecule has 0 aromatic heterocycles. The van der Waals surface area contributed by atoms with Crippen LogP contribution in [0.5, 0.6) is 0 Å². The monoisotopic (exact) mass is 340 g/mol. The summed E-state index contributed by atoms with van der Waals surface area (Å²) in [5.41, 5.74) is 5.24. The van der Waals surface area contributed by atoms with Crippen molar-refractivity contribution in [3.8, 4) is 0 Å². The number of hydrogen-bond acceptors (Lipinski definition) is 7. The summed E-state index contributed by atoms with van der Waals surface area (Å²) in [7, 11) is 0. The van der Waals surface area contributed by atoms with Crippen LogP contribution in [0.25, 0.3) is 0 Å². The Morgan fingerprint density at radius 1 is 0.952 bits per heavy atom. The Morgan fingerprint density at radius 2 is 1.52 bits per heavy atom. The van der Waals surface area contributed by atoms with Gasteiger partial charge in [-0.2, -0.15) is 0 Å². The van der Waals surface area contributed by atoms with Crippen LogP contribution < -0.4 is 11.1 Å². The minimum Gasteiger partial charge on any atom is -0.481 e. The van der Waals surface area contributed by atoms with E-state index in [4.69, 9.17) is 21.1 Å². The van der Waals surface area contributed by atoms with Crippen LogP contribution in [-0.2, 0) is 19.2 Å². The van der Waals surface area contributed by atoms with Gasteiger partial charge < -0.3 is 26.4 Å². The maximum Gasteiger partial charge on any atom is 0.327 e. The van der Waals surface area contributed by atoms with Gasteiger partial charge in [0, 0.05) is 11.5 Å². The third-order valence-electron chi connectivity index (χ3n) is 1.99. The minimum absolute atomic E-state index is 0.0221. The molecule has 9 nitrogen and oxygen atoms in total. The number of thioether (sulfide) groups is 2. The second kappa shape index (κ2) is 10.3. The Hall–Kier alpha value is -1.46. The van der Waals surface area contributed by atoms with Crippen LogP contribution in [0.1, 0.15) is 0 Å². The molecule has 0 bridgehead atoms. The maximum atomic E-state index is 11.5. The van der Waals surface area contributed by atoms with E-state index in [0.29, 0.717) is 0 Å². The zero-order chi connectivity index (χ0) is 16.4. The summed E-state index contributed by atoms with van der Waals surface area (Å²) in [5, 5.41) is 28.1. The van der Waals surface area contributed by atoms with Crippen molar-refractivity contribution < 1.29 is 34.5 Å². The number of carbonyl (C=O) groups excluding carboxylic acids is 1. The van der Waals surface area contributed by atoms with Crippen LogP contribution in [0.2, 0.25) is 0 Å². The average Bonchev–Trinajstić information content (AvgIpc) is 2.36. The number of rotatable bonds is 11. The molecule has 21 heavy (non-hydrogen) atoms. The SMILES string of the molecule is N[C@@H](CSCC(=O)N[C@@H](CSCC(=O)O)C(=O)O)C(=O)O. The van der Waals surface area contributed by atoms with E-state index in [-0.39, 0.29) is 23.0 Å². The van der Waals surface area contributed by atoms with E-state index in [1.54, 1.807) is 0 Å². The average molecular weight is 340 g/mol. The van der Waals surface area contributed by atoms with Crippen molar-refractivity contribution in [1.82, 2.24) is 5.32 Å². The summed E-state index contributed by atoms with van der Waals surface area (Å²) >= 11 is 1.84. The van der Waals surface area contributed by atoms with Crippen molar-refractivity contribution in [2.45, 2.75) is 12.1 Å². The highest BCUT2D eigenvalue weighted by Crippen LogP contribution is 2.05. The lowest BCUT2D eigenvalue weighted by Gasteiger charge is -2.14. The second-order valence-corrected chi connectivity index (χ2v) is 5.89. The summed E-state index contributed by atoms with van der Waals surface area (Å²) < 4.78 is 0. The summed E-state index contributed by atoms with van der Waals surface area (Å²) in [6, 6.07) is -2.29. The molecule has 1 amide bonds. The molecule has 0 aromatic rings. The topological polar surface area (TPSA) is 167 Å². The van der Waals surface area contributed by atoms with Crippen molar-refractivity contribution >= 4 is 47.3 Å². The van der Waals surface area contributed by atoms with Crippen LogP contribution in [0.4, 0.5) is 0 Å². The maximum absolute atomic E-state index is 11.5. The van der Waals surface area contributed by atoms with Crippen LogP contribution in [0.15, 0.2) is 0 Å². The van der Waals surface area contributed by atoms with Gasteiger partial charge in [-0.15, -0.1) is 23.5 Å². The van der Waals surface area contributed by atoms with E-state index in [2.05, 4.69) is 5.32 Å². The van der Waals surface area contributed by atoms with Gasteiger partial charge in [-0.3, -0.25) is 14.4 Å². The molecule has 0 heterocycles. The first-order chi connectivity index (χ1) is 9.73. The van der Waals surface area contributed by atoms with Gasteiger partial charge in [-0.25, -0.2) is 4.79 Å². The molecule has 2 atom stereocenters. The van der Waals surface area contributed by atoms with Crippen molar-refractivity contribution in [2.24, 2.45) is 5.73 Å². The molecule has 6 N–H and O–H groups in total. The van der Waals surface area contributed by atoms with Crippen molar-refractivity contribution in [3.63, 3.8) is 0 Å². The molecule has 0 aliphatic heterocycles. The Balaban J connectivity index is 4.08. The predicted molar refractivity (Wildman–Crippen MR) is 77.5 cm³/mol. The second-order valence-electron chi connectivity index (χ2n) is 3.83. The standard InChI is InChI=1S/C10H16N2O7S2/c11-5(9(16)17)1-20-3-7(13)12-6(10(18)19)2-21-4-8(14)15/h5-6H,1-4,11H2,(H,12,13)(H,14,15)(H,16,17)(H,18,19)/t5-,6-/m0/s1. The normalized spacial score (nSPS) is 13.2. The highest BCUT2D eigenvalue weighted by molar-refractivity contribution is 8.00. The third-order valence-corrected chi connectivity index (χ3v) is 4.07. The number of nitrogens with two attached hydrogens (primary N) is 1. The van der Waals surface area contributed by atoms with Crippen molar-refractivity contribution in [2.75, 3.05) is 23.0 Å². The van der Waals surface area contributed by atoms with E-state index in [1.165, 1.54) is 0 Å². The van der Waals surface area contributed by atoms with Gasteiger partial charge in [-0.05, 0) is 0 Å². The number of carboxylic acids is 3. The molecule has 120 valence electrons. The first-order valence-electron chi connectivity index (χ1n) is 5.61. The Bertz CT molecular complexity index is 405. The summed E-state index contributed by atoms with van der Waals surface area (Å²) in [6.07, 6.45) is 0. The molecule has 0 aliphatic carbocycles. The lowest BCUT2D eigenvalue weighted by molar-refractivity contribution is -0.140. The van der Waals surface area contributed by atoms with Crippen LogP contribution in [0.3, 0.4) is 0 Å².